The lowest BCUT2D eigenvalue weighted by Gasteiger charge is -2.36. The number of unbranched alkanes of at least 4 members (excludes halogenated alkanes) is 2. The summed E-state index contributed by atoms with van der Waals surface area (Å²) in [6.07, 6.45) is 6.47. The van der Waals surface area contributed by atoms with Gasteiger partial charge >= 0.3 is 0 Å². The molecule has 2 rings (SSSR count). The minimum Gasteiger partial charge on any atom is -0.314 e. The standard InChI is InChI=1S/C18H27FN2/c1-3-4-5-6-10-18(21-13-11-20-12-14-21)16-8-7-9-17(19)15(16)2/h3,7-9,18,20H,1,4-6,10-14H2,2H3/t18-/m1/s1. The van der Waals surface area contributed by atoms with Gasteiger partial charge in [0.1, 0.15) is 5.82 Å². The van der Waals surface area contributed by atoms with Gasteiger partial charge in [-0.05, 0) is 43.4 Å². The predicted octanol–water partition coefficient (Wildman–Crippen LogP) is 3.83. The van der Waals surface area contributed by atoms with Crippen LogP contribution in [0.4, 0.5) is 4.39 Å². The van der Waals surface area contributed by atoms with Crippen molar-refractivity contribution in [1.82, 2.24) is 10.2 Å². The summed E-state index contributed by atoms with van der Waals surface area (Å²) in [4.78, 5) is 2.51. The van der Waals surface area contributed by atoms with Gasteiger partial charge in [0.2, 0.25) is 0 Å². The highest BCUT2D eigenvalue weighted by atomic mass is 19.1. The van der Waals surface area contributed by atoms with Gasteiger partial charge in [0, 0.05) is 32.2 Å². The van der Waals surface area contributed by atoms with Crippen LogP contribution in [0.2, 0.25) is 0 Å². The molecule has 1 atom stereocenters. The highest BCUT2D eigenvalue weighted by Crippen LogP contribution is 2.30. The molecule has 1 aliphatic rings. The van der Waals surface area contributed by atoms with Crippen molar-refractivity contribution in [3.05, 3.63) is 47.8 Å². The van der Waals surface area contributed by atoms with E-state index in [4.69, 9.17) is 0 Å². The number of piperazine rings is 1. The topological polar surface area (TPSA) is 15.3 Å². The highest BCUT2D eigenvalue weighted by molar-refractivity contribution is 5.30. The Morgan fingerprint density at radius 3 is 2.81 bits per heavy atom. The van der Waals surface area contributed by atoms with Crippen molar-refractivity contribution in [2.24, 2.45) is 0 Å². The average Bonchev–Trinajstić information content (AvgIpc) is 2.52. The molecule has 21 heavy (non-hydrogen) atoms. The molecule has 1 aliphatic heterocycles. The van der Waals surface area contributed by atoms with E-state index in [0.717, 1.165) is 56.6 Å². The van der Waals surface area contributed by atoms with E-state index in [1.54, 1.807) is 6.07 Å². The Kier molecular flexibility index (Phi) is 6.40. The number of allylic oxidation sites excluding steroid dienone is 1. The molecule has 2 nitrogen and oxygen atoms in total. The Bertz CT molecular complexity index is 453. The average molecular weight is 290 g/mol. The summed E-state index contributed by atoms with van der Waals surface area (Å²) < 4.78 is 13.9. The molecular weight excluding hydrogens is 263 g/mol. The molecule has 0 amide bonds. The molecule has 0 saturated carbocycles. The van der Waals surface area contributed by atoms with Crippen molar-refractivity contribution >= 4 is 0 Å². The number of hydrogen-bond acceptors (Lipinski definition) is 2. The molecule has 1 fully saturated rings. The summed E-state index contributed by atoms with van der Waals surface area (Å²) in [6.45, 7) is 9.83. The third-order valence-electron chi connectivity index (χ3n) is 4.40. The zero-order chi connectivity index (χ0) is 15.1. The number of nitrogens with one attached hydrogen (secondary N) is 1. The molecule has 0 bridgehead atoms. The number of hydrogen-bond donors (Lipinski definition) is 1. The third-order valence-corrected chi connectivity index (χ3v) is 4.40. The molecule has 1 heterocycles. The van der Waals surface area contributed by atoms with Crippen LogP contribution < -0.4 is 5.32 Å². The second-order valence-electron chi connectivity index (χ2n) is 5.83. The molecule has 0 spiro atoms. The molecule has 0 unspecified atom stereocenters. The lowest BCUT2D eigenvalue weighted by Crippen LogP contribution is -2.45. The number of benzene rings is 1. The van der Waals surface area contributed by atoms with E-state index in [0.29, 0.717) is 6.04 Å². The fraction of sp³-hybridized carbons (Fsp3) is 0.556. The normalized spacial score (nSPS) is 17.6. The summed E-state index contributed by atoms with van der Waals surface area (Å²) >= 11 is 0. The van der Waals surface area contributed by atoms with Gasteiger partial charge in [0.15, 0.2) is 0 Å². The number of halogens is 1. The maximum atomic E-state index is 13.9. The van der Waals surface area contributed by atoms with Crippen molar-refractivity contribution in [3.63, 3.8) is 0 Å². The first kappa shape index (κ1) is 16.2. The smallest absolute Gasteiger partial charge is 0.126 e. The van der Waals surface area contributed by atoms with Crippen LogP contribution in [0.5, 0.6) is 0 Å². The first-order chi connectivity index (χ1) is 10.2. The quantitative estimate of drug-likeness (QED) is 0.606. The third kappa shape index (κ3) is 4.39. The Labute approximate surface area is 128 Å². The van der Waals surface area contributed by atoms with Crippen LogP contribution in [-0.4, -0.2) is 31.1 Å². The lowest BCUT2D eigenvalue weighted by atomic mass is 9.94. The van der Waals surface area contributed by atoms with E-state index < -0.39 is 0 Å². The van der Waals surface area contributed by atoms with Crippen molar-refractivity contribution in [3.8, 4) is 0 Å². The molecule has 116 valence electrons. The molecule has 1 aromatic rings. The Morgan fingerprint density at radius 2 is 2.10 bits per heavy atom. The van der Waals surface area contributed by atoms with Crippen LogP contribution in [0.1, 0.15) is 42.9 Å². The van der Waals surface area contributed by atoms with Crippen molar-refractivity contribution in [2.45, 2.75) is 38.6 Å². The maximum absolute atomic E-state index is 13.9. The highest BCUT2D eigenvalue weighted by Gasteiger charge is 2.23. The maximum Gasteiger partial charge on any atom is 0.126 e. The van der Waals surface area contributed by atoms with E-state index in [2.05, 4.69) is 22.9 Å². The Morgan fingerprint density at radius 1 is 1.33 bits per heavy atom. The Hall–Kier alpha value is -1.19. The fourth-order valence-electron chi connectivity index (χ4n) is 3.14. The van der Waals surface area contributed by atoms with Gasteiger partial charge in [-0.1, -0.05) is 24.6 Å². The van der Waals surface area contributed by atoms with E-state index in [1.165, 1.54) is 6.42 Å². The summed E-state index contributed by atoms with van der Waals surface area (Å²) in [5, 5.41) is 3.39. The van der Waals surface area contributed by atoms with E-state index in [-0.39, 0.29) is 5.82 Å². The lowest BCUT2D eigenvalue weighted by molar-refractivity contribution is 0.162. The number of rotatable bonds is 7. The zero-order valence-electron chi connectivity index (χ0n) is 13.1. The van der Waals surface area contributed by atoms with Crippen LogP contribution in [0.25, 0.3) is 0 Å². The molecular formula is C18H27FN2. The zero-order valence-corrected chi connectivity index (χ0v) is 13.1. The minimum absolute atomic E-state index is 0.0845. The van der Waals surface area contributed by atoms with Crippen LogP contribution in [-0.2, 0) is 0 Å². The van der Waals surface area contributed by atoms with E-state index >= 15 is 0 Å². The SMILES string of the molecule is C=CCCCC[C@H](c1cccc(F)c1C)N1CCNCC1. The van der Waals surface area contributed by atoms with Crippen LogP contribution in [0.15, 0.2) is 30.9 Å². The number of nitrogens with zero attached hydrogens (tertiary/aromatic N) is 1. The molecule has 1 saturated heterocycles. The molecule has 0 radical (unpaired) electrons. The summed E-state index contributed by atoms with van der Waals surface area (Å²) in [7, 11) is 0. The Balaban J connectivity index is 2.13. The van der Waals surface area contributed by atoms with Crippen LogP contribution >= 0.6 is 0 Å². The predicted molar refractivity (Wildman–Crippen MR) is 87.0 cm³/mol. The monoisotopic (exact) mass is 290 g/mol. The summed E-state index contributed by atoms with van der Waals surface area (Å²) in [6, 6.07) is 5.84. The molecule has 0 aliphatic carbocycles. The summed E-state index contributed by atoms with van der Waals surface area (Å²) in [5.74, 6) is -0.0845. The van der Waals surface area contributed by atoms with Crippen molar-refractivity contribution in [1.29, 1.82) is 0 Å². The van der Waals surface area contributed by atoms with Crippen molar-refractivity contribution < 1.29 is 4.39 Å². The van der Waals surface area contributed by atoms with Crippen molar-refractivity contribution in [2.75, 3.05) is 26.2 Å². The first-order valence-corrected chi connectivity index (χ1v) is 8.04. The van der Waals surface area contributed by atoms with Gasteiger partial charge < -0.3 is 5.32 Å². The summed E-state index contributed by atoms with van der Waals surface area (Å²) in [5.41, 5.74) is 1.97. The van der Waals surface area contributed by atoms with E-state index in [1.807, 2.05) is 19.1 Å². The van der Waals surface area contributed by atoms with Gasteiger partial charge in [-0.15, -0.1) is 6.58 Å². The molecule has 1 N–H and O–H groups in total. The van der Waals surface area contributed by atoms with Gasteiger partial charge in [0.05, 0.1) is 0 Å². The molecule has 0 aromatic heterocycles. The van der Waals surface area contributed by atoms with E-state index in [9.17, 15) is 4.39 Å². The van der Waals surface area contributed by atoms with Gasteiger partial charge in [-0.3, -0.25) is 4.90 Å². The van der Waals surface area contributed by atoms with Gasteiger partial charge in [-0.25, -0.2) is 4.39 Å². The minimum atomic E-state index is -0.0845. The fourth-order valence-corrected chi connectivity index (χ4v) is 3.14. The second kappa shape index (κ2) is 8.30. The van der Waals surface area contributed by atoms with Gasteiger partial charge in [0.25, 0.3) is 0 Å². The molecule has 1 aromatic carbocycles. The first-order valence-electron chi connectivity index (χ1n) is 8.04. The second-order valence-corrected chi connectivity index (χ2v) is 5.83. The van der Waals surface area contributed by atoms with Crippen LogP contribution in [0.3, 0.4) is 0 Å². The van der Waals surface area contributed by atoms with Gasteiger partial charge in [-0.2, -0.15) is 0 Å². The van der Waals surface area contributed by atoms with Crippen LogP contribution in [0, 0.1) is 12.7 Å². The largest absolute Gasteiger partial charge is 0.314 e. The molecule has 3 heteroatoms.